The monoisotopic (exact) mass is 430 g/mol. The Morgan fingerprint density at radius 1 is 0.903 bits per heavy atom. The number of imide groups is 1. The molecule has 5 nitrogen and oxygen atoms in total. The van der Waals surface area contributed by atoms with Gasteiger partial charge >= 0.3 is 0 Å². The van der Waals surface area contributed by atoms with Crippen LogP contribution in [0.3, 0.4) is 0 Å². The number of halogens is 1. The van der Waals surface area contributed by atoms with E-state index in [1.54, 1.807) is 55.6 Å². The van der Waals surface area contributed by atoms with Crippen LogP contribution in [-0.2, 0) is 16.0 Å². The Morgan fingerprint density at radius 2 is 1.68 bits per heavy atom. The lowest BCUT2D eigenvalue weighted by Crippen LogP contribution is -2.34. The fraction of sp³-hybridized carbons (Fsp3) is 0.120. The summed E-state index contributed by atoms with van der Waals surface area (Å²) >= 11 is 6.07. The maximum atomic E-state index is 13.7. The van der Waals surface area contributed by atoms with Crippen molar-refractivity contribution in [3.63, 3.8) is 0 Å². The molecule has 154 valence electrons. The van der Waals surface area contributed by atoms with Crippen LogP contribution in [0, 0.1) is 0 Å². The minimum absolute atomic E-state index is 0.347. The second-order valence-electron chi connectivity index (χ2n) is 7.41. The lowest BCUT2D eigenvalue weighted by molar-refractivity contribution is -0.120. The standard InChI is InChI=1S/C25H19ClN2O3/c1-31-20-7-4-6-19(15-20)28-24(29)22(17-9-11-18(26)12-10-17)23(25(28)30)27-14-13-16-5-2-3-8-21(16)27/h2-12,15H,13-14H2,1H3. The second kappa shape index (κ2) is 7.60. The summed E-state index contributed by atoms with van der Waals surface area (Å²) in [5.74, 6) is -0.133. The number of hydrogen-bond donors (Lipinski definition) is 0. The third-order valence-electron chi connectivity index (χ3n) is 5.66. The lowest BCUT2D eigenvalue weighted by atomic mass is 10.0. The maximum absolute atomic E-state index is 13.7. The molecule has 0 aliphatic carbocycles. The summed E-state index contributed by atoms with van der Waals surface area (Å²) in [7, 11) is 1.55. The minimum atomic E-state index is -0.361. The highest BCUT2D eigenvalue weighted by molar-refractivity contribution is 6.46. The number of benzene rings is 3. The average Bonchev–Trinajstić information content (AvgIpc) is 3.32. The summed E-state index contributed by atoms with van der Waals surface area (Å²) in [5, 5.41) is 0.568. The number of nitrogens with zero attached hydrogens (tertiary/aromatic N) is 2. The van der Waals surface area contributed by atoms with Crippen molar-refractivity contribution in [1.82, 2.24) is 0 Å². The highest BCUT2D eigenvalue weighted by atomic mass is 35.5. The predicted octanol–water partition coefficient (Wildman–Crippen LogP) is 4.70. The van der Waals surface area contributed by atoms with Gasteiger partial charge in [0.05, 0.1) is 18.4 Å². The lowest BCUT2D eigenvalue weighted by Gasteiger charge is -2.22. The van der Waals surface area contributed by atoms with Crippen LogP contribution in [0.2, 0.25) is 5.02 Å². The molecular formula is C25H19ClN2O3. The molecule has 0 bridgehead atoms. The van der Waals surface area contributed by atoms with E-state index in [-0.39, 0.29) is 11.8 Å². The molecule has 2 heterocycles. The quantitative estimate of drug-likeness (QED) is 0.563. The first kappa shape index (κ1) is 19.4. The second-order valence-corrected chi connectivity index (χ2v) is 7.84. The Hall–Kier alpha value is -3.57. The van der Waals surface area contributed by atoms with E-state index in [0.717, 1.165) is 17.7 Å². The van der Waals surface area contributed by atoms with E-state index in [2.05, 4.69) is 6.07 Å². The van der Waals surface area contributed by atoms with Crippen LogP contribution in [0.4, 0.5) is 11.4 Å². The number of methoxy groups -OCH3 is 1. The van der Waals surface area contributed by atoms with Crippen molar-refractivity contribution >= 4 is 40.4 Å². The number of carbonyl (C=O) groups excluding carboxylic acids is 2. The summed E-state index contributed by atoms with van der Waals surface area (Å²) in [6, 6.07) is 22.0. The van der Waals surface area contributed by atoms with Gasteiger partial charge in [0.1, 0.15) is 11.4 Å². The third-order valence-corrected chi connectivity index (χ3v) is 5.91. The first-order chi connectivity index (χ1) is 15.1. The molecule has 2 aliphatic heterocycles. The van der Waals surface area contributed by atoms with Gasteiger partial charge in [0, 0.05) is 23.3 Å². The summed E-state index contributed by atoms with van der Waals surface area (Å²) in [5.41, 5.74) is 4.01. The van der Waals surface area contributed by atoms with E-state index < -0.39 is 0 Å². The molecule has 0 spiro atoms. The van der Waals surface area contributed by atoms with Crippen molar-refractivity contribution < 1.29 is 14.3 Å². The van der Waals surface area contributed by atoms with E-state index in [0.29, 0.717) is 39.8 Å². The van der Waals surface area contributed by atoms with Crippen molar-refractivity contribution in [2.75, 3.05) is 23.5 Å². The van der Waals surface area contributed by atoms with Gasteiger partial charge in [0.25, 0.3) is 11.8 Å². The van der Waals surface area contributed by atoms with Crippen molar-refractivity contribution in [3.8, 4) is 5.75 Å². The summed E-state index contributed by atoms with van der Waals surface area (Å²) < 4.78 is 5.29. The molecule has 0 fully saturated rings. The van der Waals surface area contributed by atoms with Crippen LogP contribution >= 0.6 is 11.6 Å². The Bertz CT molecular complexity index is 1230. The number of anilines is 2. The summed E-state index contributed by atoms with van der Waals surface area (Å²) in [6.07, 6.45) is 0.814. The number of rotatable bonds is 4. The van der Waals surface area contributed by atoms with Crippen molar-refractivity contribution in [1.29, 1.82) is 0 Å². The highest BCUT2D eigenvalue weighted by Crippen LogP contribution is 2.40. The Labute approximate surface area is 185 Å². The predicted molar refractivity (Wildman–Crippen MR) is 121 cm³/mol. The summed E-state index contributed by atoms with van der Waals surface area (Å²) in [6.45, 7) is 0.636. The maximum Gasteiger partial charge on any atom is 0.282 e. The van der Waals surface area contributed by atoms with Gasteiger partial charge in [-0.05, 0) is 47.9 Å². The fourth-order valence-corrected chi connectivity index (χ4v) is 4.33. The van der Waals surface area contributed by atoms with Crippen LogP contribution in [0.1, 0.15) is 11.1 Å². The van der Waals surface area contributed by atoms with E-state index in [1.165, 1.54) is 4.90 Å². The molecule has 31 heavy (non-hydrogen) atoms. The molecule has 0 radical (unpaired) electrons. The number of ether oxygens (including phenoxy) is 1. The van der Waals surface area contributed by atoms with E-state index >= 15 is 0 Å². The van der Waals surface area contributed by atoms with Crippen LogP contribution in [-0.4, -0.2) is 25.5 Å². The number of hydrogen-bond acceptors (Lipinski definition) is 4. The molecule has 2 amide bonds. The molecule has 0 atom stereocenters. The van der Waals surface area contributed by atoms with Crippen molar-refractivity contribution in [2.24, 2.45) is 0 Å². The minimum Gasteiger partial charge on any atom is -0.497 e. The zero-order chi connectivity index (χ0) is 21.5. The van der Waals surface area contributed by atoms with E-state index in [1.807, 2.05) is 23.1 Å². The fourth-order valence-electron chi connectivity index (χ4n) is 4.20. The van der Waals surface area contributed by atoms with Crippen LogP contribution in [0.25, 0.3) is 5.57 Å². The molecule has 6 heteroatoms. The van der Waals surface area contributed by atoms with Gasteiger partial charge in [-0.1, -0.05) is 48.0 Å². The van der Waals surface area contributed by atoms with Gasteiger partial charge in [0.15, 0.2) is 0 Å². The molecule has 0 saturated carbocycles. The van der Waals surface area contributed by atoms with Crippen LogP contribution < -0.4 is 14.5 Å². The van der Waals surface area contributed by atoms with Gasteiger partial charge in [-0.15, -0.1) is 0 Å². The number of carbonyl (C=O) groups is 2. The topological polar surface area (TPSA) is 49.9 Å². The van der Waals surface area contributed by atoms with E-state index in [4.69, 9.17) is 16.3 Å². The largest absolute Gasteiger partial charge is 0.497 e. The SMILES string of the molecule is COc1cccc(N2C(=O)C(c3ccc(Cl)cc3)=C(N3CCc4ccccc43)C2=O)c1. The Morgan fingerprint density at radius 3 is 2.45 bits per heavy atom. The molecule has 3 aromatic rings. The zero-order valence-corrected chi connectivity index (χ0v) is 17.6. The van der Waals surface area contributed by atoms with Gasteiger partial charge < -0.3 is 9.64 Å². The first-order valence-corrected chi connectivity index (χ1v) is 10.3. The molecule has 5 rings (SSSR count). The molecule has 0 N–H and O–H groups in total. The molecule has 0 aromatic heterocycles. The molecule has 0 saturated heterocycles. The van der Waals surface area contributed by atoms with Gasteiger partial charge in [-0.3, -0.25) is 9.59 Å². The molecule has 0 unspecified atom stereocenters. The normalized spacial score (nSPS) is 15.7. The van der Waals surface area contributed by atoms with Crippen LogP contribution in [0.5, 0.6) is 5.75 Å². The summed E-state index contributed by atoms with van der Waals surface area (Å²) in [4.78, 5) is 30.5. The number of para-hydroxylation sites is 1. The van der Waals surface area contributed by atoms with Gasteiger partial charge in [0.2, 0.25) is 0 Å². The zero-order valence-electron chi connectivity index (χ0n) is 16.8. The van der Waals surface area contributed by atoms with Gasteiger partial charge in [-0.25, -0.2) is 4.90 Å². The molecular weight excluding hydrogens is 412 g/mol. The highest BCUT2D eigenvalue weighted by Gasteiger charge is 2.44. The Balaban J connectivity index is 1.68. The average molecular weight is 431 g/mol. The third kappa shape index (κ3) is 3.18. The van der Waals surface area contributed by atoms with E-state index in [9.17, 15) is 9.59 Å². The molecule has 3 aromatic carbocycles. The number of amides is 2. The smallest absolute Gasteiger partial charge is 0.282 e. The Kier molecular flexibility index (Phi) is 4.75. The van der Waals surface area contributed by atoms with Gasteiger partial charge in [-0.2, -0.15) is 0 Å². The van der Waals surface area contributed by atoms with Crippen LogP contribution in [0.15, 0.2) is 78.5 Å². The number of fused-ring (bicyclic) bond motifs is 1. The van der Waals surface area contributed by atoms with Crippen molar-refractivity contribution in [3.05, 3.63) is 94.6 Å². The molecule has 2 aliphatic rings. The van der Waals surface area contributed by atoms with Crippen molar-refractivity contribution in [2.45, 2.75) is 6.42 Å². The first-order valence-electron chi connectivity index (χ1n) is 9.97.